The monoisotopic (exact) mass is 243 g/mol. The van der Waals surface area contributed by atoms with Crippen LogP contribution >= 0.6 is 0 Å². The molecule has 0 saturated carbocycles. The number of nitrogens with zero attached hydrogens (tertiary/aromatic N) is 1. The van der Waals surface area contributed by atoms with Crippen molar-refractivity contribution in [2.75, 3.05) is 0 Å². The van der Waals surface area contributed by atoms with Crippen LogP contribution in [-0.2, 0) is 6.54 Å². The number of hydrogen-bond donors (Lipinski definition) is 0. The molecule has 1 unspecified atom stereocenters. The lowest BCUT2D eigenvalue weighted by Crippen LogP contribution is -3.00. The maximum Gasteiger partial charge on any atom is 0.429 e. The highest BCUT2D eigenvalue weighted by Crippen LogP contribution is 2.33. The average molecular weight is 244 g/mol. The van der Waals surface area contributed by atoms with Gasteiger partial charge in [-0.1, -0.05) is 0 Å². The molecule has 0 fully saturated rings. The first-order valence-corrected chi connectivity index (χ1v) is 4.16. The maximum absolute atomic E-state index is 12.9. The standard InChI is InChI=1S/C9H10F4N.ClH/c1-2-14-6-4-3-5-7(14)8(10)9(11,12)13;/h3-6,8H,2H2,1H3;1H/q+1;/p-1. The van der Waals surface area contributed by atoms with E-state index in [-0.39, 0.29) is 18.1 Å². The molecule has 15 heavy (non-hydrogen) atoms. The van der Waals surface area contributed by atoms with Gasteiger partial charge in [-0.2, -0.15) is 17.7 Å². The summed E-state index contributed by atoms with van der Waals surface area (Å²) in [4.78, 5) is 0. The van der Waals surface area contributed by atoms with Crippen LogP contribution in [0.1, 0.15) is 18.8 Å². The molecule has 1 atom stereocenters. The van der Waals surface area contributed by atoms with Crippen LogP contribution in [0.25, 0.3) is 0 Å². The Morgan fingerprint density at radius 1 is 1.33 bits per heavy atom. The molecule has 0 radical (unpaired) electrons. The molecule has 86 valence electrons. The third-order valence-electron chi connectivity index (χ3n) is 1.86. The van der Waals surface area contributed by atoms with E-state index in [9.17, 15) is 17.6 Å². The summed E-state index contributed by atoms with van der Waals surface area (Å²) in [6, 6.07) is 4.09. The van der Waals surface area contributed by atoms with E-state index in [1.807, 2.05) is 0 Å². The summed E-state index contributed by atoms with van der Waals surface area (Å²) in [6.45, 7) is 1.97. The summed E-state index contributed by atoms with van der Waals surface area (Å²) in [5, 5.41) is 0. The zero-order valence-corrected chi connectivity index (χ0v) is 8.69. The number of alkyl halides is 4. The quantitative estimate of drug-likeness (QED) is 0.490. The third kappa shape index (κ3) is 3.34. The van der Waals surface area contributed by atoms with Crippen molar-refractivity contribution in [1.82, 2.24) is 0 Å². The normalized spacial score (nSPS) is 13.1. The van der Waals surface area contributed by atoms with Crippen molar-refractivity contribution in [3.05, 3.63) is 30.1 Å². The van der Waals surface area contributed by atoms with Crippen molar-refractivity contribution in [2.24, 2.45) is 0 Å². The van der Waals surface area contributed by atoms with Gasteiger partial charge in [0.15, 0.2) is 6.20 Å². The second kappa shape index (κ2) is 5.30. The van der Waals surface area contributed by atoms with Crippen molar-refractivity contribution in [3.8, 4) is 0 Å². The van der Waals surface area contributed by atoms with E-state index in [1.165, 1.54) is 16.8 Å². The molecular weight excluding hydrogens is 234 g/mol. The van der Waals surface area contributed by atoms with Crippen molar-refractivity contribution in [1.29, 1.82) is 0 Å². The molecule has 0 aromatic carbocycles. The fourth-order valence-electron chi connectivity index (χ4n) is 1.18. The largest absolute Gasteiger partial charge is 1.00 e. The average Bonchev–Trinajstić information content (AvgIpc) is 2.15. The molecule has 0 N–H and O–H groups in total. The summed E-state index contributed by atoms with van der Waals surface area (Å²) < 4.78 is 50.4. The van der Waals surface area contributed by atoms with Gasteiger partial charge in [-0.05, 0) is 13.0 Å². The summed E-state index contributed by atoms with van der Waals surface area (Å²) >= 11 is 0. The van der Waals surface area contributed by atoms with E-state index in [1.54, 1.807) is 13.0 Å². The Bertz CT molecular complexity index is 313. The van der Waals surface area contributed by atoms with Gasteiger partial charge in [-0.25, -0.2) is 4.39 Å². The zero-order chi connectivity index (χ0) is 10.8. The highest BCUT2D eigenvalue weighted by atomic mass is 35.5. The lowest BCUT2D eigenvalue weighted by molar-refractivity contribution is -0.705. The SMILES string of the molecule is CC[n+]1ccccc1C(F)C(F)(F)F.[Cl-]. The lowest BCUT2D eigenvalue weighted by atomic mass is 10.2. The van der Waals surface area contributed by atoms with Gasteiger partial charge in [0.05, 0.1) is 0 Å². The molecule has 1 heterocycles. The first-order chi connectivity index (χ1) is 6.46. The number of pyridine rings is 1. The minimum Gasteiger partial charge on any atom is -1.00 e. The van der Waals surface area contributed by atoms with Crippen LogP contribution in [-0.4, -0.2) is 6.18 Å². The summed E-state index contributed by atoms with van der Waals surface area (Å²) in [5.41, 5.74) is -0.359. The third-order valence-corrected chi connectivity index (χ3v) is 1.86. The molecule has 0 aliphatic carbocycles. The molecule has 0 bridgehead atoms. The summed E-state index contributed by atoms with van der Waals surface area (Å²) in [6.07, 6.45) is -6.32. The van der Waals surface area contributed by atoms with Crippen LogP contribution in [0.15, 0.2) is 24.4 Å². The summed E-state index contributed by atoms with van der Waals surface area (Å²) in [7, 11) is 0. The maximum atomic E-state index is 12.9. The first kappa shape index (κ1) is 14.2. The van der Waals surface area contributed by atoms with Crippen LogP contribution in [0.5, 0.6) is 0 Å². The van der Waals surface area contributed by atoms with Gasteiger partial charge in [0.1, 0.15) is 6.54 Å². The Kier molecular flexibility index (Phi) is 5.00. The molecule has 0 amide bonds. The highest BCUT2D eigenvalue weighted by molar-refractivity contribution is 5.02. The Balaban J connectivity index is 0.00000196. The smallest absolute Gasteiger partial charge is 0.429 e. The molecule has 1 rings (SSSR count). The van der Waals surface area contributed by atoms with E-state index < -0.39 is 12.3 Å². The molecule has 6 heteroatoms. The van der Waals surface area contributed by atoms with Crippen molar-refractivity contribution in [3.63, 3.8) is 0 Å². The molecule has 0 aliphatic rings. The minimum absolute atomic E-state index is 0. The van der Waals surface area contributed by atoms with Gasteiger partial charge < -0.3 is 12.4 Å². The Morgan fingerprint density at radius 2 is 1.93 bits per heavy atom. The van der Waals surface area contributed by atoms with Gasteiger partial charge in [0.2, 0.25) is 5.69 Å². The Labute approximate surface area is 91.1 Å². The molecular formula is C9H10ClF4N. The molecule has 0 spiro atoms. The van der Waals surface area contributed by atoms with Crippen molar-refractivity contribution in [2.45, 2.75) is 25.8 Å². The molecule has 1 aromatic heterocycles. The van der Waals surface area contributed by atoms with E-state index in [2.05, 4.69) is 0 Å². The topological polar surface area (TPSA) is 3.88 Å². The van der Waals surface area contributed by atoms with E-state index >= 15 is 0 Å². The van der Waals surface area contributed by atoms with Crippen LogP contribution in [0.2, 0.25) is 0 Å². The van der Waals surface area contributed by atoms with Gasteiger partial charge in [0.25, 0.3) is 6.17 Å². The van der Waals surface area contributed by atoms with Gasteiger partial charge in [-0.15, -0.1) is 0 Å². The number of hydrogen-bond acceptors (Lipinski definition) is 0. The van der Waals surface area contributed by atoms with Gasteiger partial charge >= 0.3 is 6.18 Å². The predicted octanol–water partition coefficient (Wildman–Crippen LogP) is -0.429. The van der Waals surface area contributed by atoms with Crippen LogP contribution in [0.3, 0.4) is 0 Å². The molecule has 0 aliphatic heterocycles. The van der Waals surface area contributed by atoms with Crippen LogP contribution in [0.4, 0.5) is 17.6 Å². The molecule has 1 nitrogen and oxygen atoms in total. The molecule has 0 saturated heterocycles. The van der Waals surface area contributed by atoms with Gasteiger partial charge in [0, 0.05) is 12.1 Å². The van der Waals surface area contributed by atoms with Gasteiger partial charge in [-0.3, -0.25) is 0 Å². The van der Waals surface area contributed by atoms with Crippen molar-refractivity contribution >= 4 is 0 Å². The first-order valence-electron chi connectivity index (χ1n) is 4.16. The minimum atomic E-state index is -4.84. The number of aryl methyl sites for hydroxylation is 1. The second-order valence-corrected chi connectivity index (χ2v) is 2.82. The van der Waals surface area contributed by atoms with Crippen LogP contribution in [0, 0.1) is 0 Å². The fourth-order valence-corrected chi connectivity index (χ4v) is 1.18. The molecule has 1 aromatic rings. The zero-order valence-electron chi connectivity index (χ0n) is 7.93. The number of aromatic nitrogens is 1. The Morgan fingerprint density at radius 3 is 2.40 bits per heavy atom. The van der Waals surface area contributed by atoms with Crippen LogP contribution < -0.4 is 17.0 Å². The van der Waals surface area contributed by atoms with E-state index in [0.717, 1.165) is 6.07 Å². The highest BCUT2D eigenvalue weighted by Gasteiger charge is 2.46. The van der Waals surface area contributed by atoms with E-state index in [0.29, 0.717) is 6.54 Å². The second-order valence-electron chi connectivity index (χ2n) is 2.82. The summed E-state index contributed by atoms with van der Waals surface area (Å²) in [5.74, 6) is 0. The number of rotatable bonds is 2. The van der Waals surface area contributed by atoms with Crippen molar-refractivity contribution < 1.29 is 34.5 Å². The fraction of sp³-hybridized carbons (Fsp3) is 0.444. The Hall–Kier alpha value is -0.840. The lowest BCUT2D eigenvalue weighted by Gasteiger charge is -2.10. The van der Waals surface area contributed by atoms with E-state index in [4.69, 9.17) is 0 Å². The number of halogens is 5. The predicted molar refractivity (Wildman–Crippen MR) is 42.2 cm³/mol.